The summed E-state index contributed by atoms with van der Waals surface area (Å²) in [7, 11) is 0. The van der Waals surface area contributed by atoms with Gasteiger partial charge in [-0.1, -0.05) is 46.9 Å². The first-order valence-electron chi connectivity index (χ1n) is 10.2. The molecule has 0 atom stereocenters. The summed E-state index contributed by atoms with van der Waals surface area (Å²) in [5, 5.41) is 17.0. The topological polar surface area (TPSA) is 59.7 Å². The quantitative estimate of drug-likeness (QED) is 0.268. The second kappa shape index (κ2) is 10.3. The highest BCUT2D eigenvalue weighted by Gasteiger charge is 2.14. The molecule has 0 aliphatic heterocycles. The Morgan fingerprint density at radius 3 is 2.53 bits per heavy atom. The Balaban J connectivity index is 1.41. The van der Waals surface area contributed by atoms with Gasteiger partial charge >= 0.3 is 0 Å². The van der Waals surface area contributed by atoms with Crippen molar-refractivity contribution in [3.8, 4) is 0 Å². The van der Waals surface area contributed by atoms with E-state index in [1.807, 2.05) is 30.7 Å². The average molecular weight is 538 g/mol. The number of thiocarbonyl (C=S) groups is 1. The summed E-state index contributed by atoms with van der Waals surface area (Å²) >= 11 is 23.7. The predicted molar refractivity (Wildman–Crippen MR) is 140 cm³/mol. The van der Waals surface area contributed by atoms with Crippen LogP contribution in [0.1, 0.15) is 22.5 Å². The fourth-order valence-corrected chi connectivity index (χ4v) is 4.23. The maximum absolute atomic E-state index is 13.3. The second-order valence-electron chi connectivity index (χ2n) is 7.69. The van der Waals surface area contributed by atoms with Crippen molar-refractivity contribution in [3.05, 3.63) is 92.2 Å². The summed E-state index contributed by atoms with van der Waals surface area (Å²) in [6.45, 7) is 4.82. The maximum atomic E-state index is 13.3. The van der Waals surface area contributed by atoms with Gasteiger partial charge in [0.25, 0.3) is 0 Å². The SMILES string of the molecule is Cc1nn(Cc2ccc(Cl)c(Cl)c2)c(C)c1NC(=S)Nc1cnn(Cc2ccc(F)cc2Cl)c1. The first kappa shape index (κ1) is 24.5. The number of aromatic nitrogens is 4. The zero-order chi connectivity index (χ0) is 24.4. The lowest BCUT2D eigenvalue weighted by Crippen LogP contribution is -2.19. The van der Waals surface area contributed by atoms with Gasteiger partial charge < -0.3 is 10.6 Å². The molecular weight excluding hydrogens is 518 g/mol. The summed E-state index contributed by atoms with van der Waals surface area (Å²) in [5.41, 5.74) is 5.01. The number of rotatable bonds is 6. The molecule has 0 aliphatic rings. The minimum absolute atomic E-state index is 0.353. The van der Waals surface area contributed by atoms with Gasteiger partial charge in [-0.15, -0.1) is 0 Å². The van der Waals surface area contributed by atoms with E-state index in [2.05, 4.69) is 20.8 Å². The molecule has 34 heavy (non-hydrogen) atoms. The minimum atomic E-state index is -0.376. The van der Waals surface area contributed by atoms with Crippen LogP contribution in [0.3, 0.4) is 0 Å². The van der Waals surface area contributed by atoms with Crippen molar-refractivity contribution >= 4 is 63.5 Å². The van der Waals surface area contributed by atoms with Gasteiger partial charge in [0.15, 0.2) is 5.11 Å². The Morgan fingerprint density at radius 1 is 1.00 bits per heavy atom. The Bertz CT molecular complexity index is 1370. The third-order valence-corrected chi connectivity index (χ3v) is 6.47. The van der Waals surface area contributed by atoms with Crippen LogP contribution in [0.2, 0.25) is 15.1 Å². The van der Waals surface area contributed by atoms with Gasteiger partial charge in [-0.25, -0.2) is 4.39 Å². The molecule has 0 unspecified atom stereocenters. The number of hydrogen-bond donors (Lipinski definition) is 2. The van der Waals surface area contributed by atoms with E-state index < -0.39 is 0 Å². The largest absolute Gasteiger partial charge is 0.330 e. The van der Waals surface area contributed by atoms with Crippen LogP contribution in [0, 0.1) is 19.7 Å². The van der Waals surface area contributed by atoms with Crippen LogP contribution in [0.4, 0.5) is 15.8 Å². The molecule has 2 aromatic carbocycles. The number of hydrogen-bond acceptors (Lipinski definition) is 3. The standard InChI is InChI=1S/C23H20Cl3FN6S/c1-13-22(14(2)33(31-13)10-15-3-6-19(24)21(26)7-15)30-23(34)29-18-9-28-32(12-18)11-16-4-5-17(27)8-20(16)25/h3-9,12H,10-11H2,1-2H3,(H2,29,30,34). The molecule has 4 rings (SSSR count). The lowest BCUT2D eigenvalue weighted by atomic mass is 10.2. The molecule has 11 heteroatoms. The molecule has 0 aliphatic carbocycles. The number of benzene rings is 2. The van der Waals surface area contributed by atoms with Crippen molar-refractivity contribution in [1.82, 2.24) is 19.6 Å². The molecule has 0 spiro atoms. The smallest absolute Gasteiger partial charge is 0.175 e. The summed E-state index contributed by atoms with van der Waals surface area (Å²) < 4.78 is 16.8. The van der Waals surface area contributed by atoms with Crippen LogP contribution in [-0.4, -0.2) is 24.7 Å². The second-order valence-corrected chi connectivity index (χ2v) is 9.32. The van der Waals surface area contributed by atoms with Crippen LogP contribution in [-0.2, 0) is 13.1 Å². The van der Waals surface area contributed by atoms with E-state index >= 15 is 0 Å². The molecule has 176 valence electrons. The van der Waals surface area contributed by atoms with Crippen LogP contribution in [0.25, 0.3) is 0 Å². The molecule has 0 amide bonds. The predicted octanol–water partition coefficient (Wildman–Crippen LogP) is 6.70. The van der Waals surface area contributed by atoms with E-state index in [0.29, 0.717) is 39.0 Å². The summed E-state index contributed by atoms with van der Waals surface area (Å²) in [4.78, 5) is 0. The highest BCUT2D eigenvalue weighted by atomic mass is 35.5. The van der Waals surface area contributed by atoms with E-state index in [9.17, 15) is 4.39 Å². The molecular formula is C23H20Cl3FN6S. The highest BCUT2D eigenvalue weighted by Crippen LogP contribution is 2.25. The lowest BCUT2D eigenvalue weighted by molar-refractivity contribution is 0.624. The molecule has 6 nitrogen and oxygen atoms in total. The maximum Gasteiger partial charge on any atom is 0.175 e. The van der Waals surface area contributed by atoms with Gasteiger partial charge in [-0.3, -0.25) is 9.36 Å². The molecule has 4 aromatic rings. The van der Waals surface area contributed by atoms with Crippen LogP contribution in [0.5, 0.6) is 0 Å². The van der Waals surface area contributed by atoms with E-state index in [-0.39, 0.29) is 5.82 Å². The Morgan fingerprint density at radius 2 is 1.79 bits per heavy atom. The number of nitrogens with one attached hydrogen (secondary N) is 2. The Kier molecular flexibility index (Phi) is 7.42. The Labute approximate surface area is 216 Å². The average Bonchev–Trinajstić information content (AvgIpc) is 3.32. The fraction of sp³-hybridized carbons (Fsp3) is 0.174. The normalized spacial score (nSPS) is 11.0. The molecule has 2 aromatic heterocycles. The monoisotopic (exact) mass is 536 g/mol. The lowest BCUT2D eigenvalue weighted by Gasteiger charge is -2.10. The fourth-order valence-electron chi connectivity index (χ4n) is 3.46. The van der Waals surface area contributed by atoms with Crippen molar-refractivity contribution in [1.29, 1.82) is 0 Å². The van der Waals surface area contributed by atoms with Crippen molar-refractivity contribution in [3.63, 3.8) is 0 Å². The van der Waals surface area contributed by atoms with E-state index in [1.54, 1.807) is 29.2 Å². The number of halogens is 4. The van der Waals surface area contributed by atoms with Crippen LogP contribution < -0.4 is 10.6 Å². The summed E-state index contributed by atoms with van der Waals surface area (Å²) in [5.74, 6) is -0.376. The molecule has 2 heterocycles. The van der Waals surface area contributed by atoms with Crippen molar-refractivity contribution < 1.29 is 4.39 Å². The molecule has 0 saturated carbocycles. The van der Waals surface area contributed by atoms with Gasteiger partial charge in [-0.05, 0) is 61.5 Å². The number of nitrogens with zero attached hydrogens (tertiary/aromatic N) is 4. The zero-order valence-corrected chi connectivity index (χ0v) is 21.3. The van der Waals surface area contributed by atoms with Crippen LogP contribution >= 0.6 is 47.0 Å². The van der Waals surface area contributed by atoms with E-state index in [1.165, 1.54) is 12.1 Å². The van der Waals surface area contributed by atoms with Gasteiger partial charge in [0.2, 0.25) is 0 Å². The number of anilines is 2. The van der Waals surface area contributed by atoms with Crippen molar-refractivity contribution in [2.24, 2.45) is 0 Å². The third-order valence-electron chi connectivity index (χ3n) is 5.17. The molecule has 0 radical (unpaired) electrons. The highest BCUT2D eigenvalue weighted by molar-refractivity contribution is 7.80. The van der Waals surface area contributed by atoms with Gasteiger partial charge in [0.05, 0.1) is 52.1 Å². The first-order valence-corrected chi connectivity index (χ1v) is 11.8. The molecule has 0 bridgehead atoms. The molecule has 0 saturated heterocycles. The summed E-state index contributed by atoms with van der Waals surface area (Å²) in [6.07, 6.45) is 3.44. The molecule has 0 fully saturated rings. The summed E-state index contributed by atoms with van der Waals surface area (Å²) in [6, 6.07) is 9.81. The van der Waals surface area contributed by atoms with E-state index in [4.69, 9.17) is 47.0 Å². The third kappa shape index (κ3) is 5.70. The van der Waals surface area contributed by atoms with Gasteiger partial charge in [0.1, 0.15) is 5.82 Å². The first-order chi connectivity index (χ1) is 16.2. The van der Waals surface area contributed by atoms with Crippen molar-refractivity contribution in [2.75, 3.05) is 10.6 Å². The van der Waals surface area contributed by atoms with Gasteiger partial charge in [0, 0.05) is 11.2 Å². The Hall–Kier alpha value is -2.65. The van der Waals surface area contributed by atoms with Crippen molar-refractivity contribution in [2.45, 2.75) is 26.9 Å². The zero-order valence-electron chi connectivity index (χ0n) is 18.2. The van der Waals surface area contributed by atoms with E-state index in [0.717, 1.165) is 28.2 Å². The minimum Gasteiger partial charge on any atom is -0.330 e. The number of aryl methyl sites for hydroxylation is 1. The van der Waals surface area contributed by atoms with Gasteiger partial charge in [-0.2, -0.15) is 10.2 Å². The van der Waals surface area contributed by atoms with Crippen LogP contribution in [0.15, 0.2) is 48.8 Å². The molecule has 2 N–H and O–H groups in total.